The average molecular weight is 314 g/mol. The van der Waals surface area contributed by atoms with E-state index in [0.29, 0.717) is 0 Å². The van der Waals surface area contributed by atoms with Crippen molar-refractivity contribution in [3.05, 3.63) is 0 Å². The average Bonchev–Trinajstić information content (AvgIpc) is 0. The summed E-state index contributed by atoms with van der Waals surface area (Å²) in [7, 11) is 0. The quantitative estimate of drug-likeness (QED) is 0.580. The zero-order chi connectivity index (χ0) is 0. The molecule has 0 aromatic rings. The first-order valence-electron chi connectivity index (χ1n) is 0. The third-order valence-corrected chi connectivity index (χ3v) is 0. The summed E-state index contributed by atoms with van der Waals surface area (Å²) in [6, 6.07) is 0. The Morgan fingerprint density at radius 3 is 0.500 bits per heavy atom. The van der Waals surface area contributed by atoms with Crippen molar-refractivity contribution in [3.63, 3.8) is 0 Å². The standard InChI is InChI=1S/4ClH.Sn.Ti.2H/h4*1H;;;;. The van der Waals surface area contributed by atoms with Gasteiger partial charge in [-0.1, -0.05) is 0 Å². The van der Waals surface area contributed by atoms with Crippen LogP contribution in [0.4, 0.5) is 0 Å². The molecule has 6 heavy (non-hydrogen) atoms. The van der Waals surface area contributed by atoms with Crippen LogP contribution in [0.1, 0.15) is 0 Å². The topological polar surface area (TPSA) is 0 Å². The van der Waals surface area contributed by atoms with E-state index < -0.39 is 0 Å². The van der Waals surface area contributed by atoms with Crippen molar-refractivity contribution in [1.82, 2.24) is 0 Å². The van der Waals surface area contributed by atoms with E-state index in [1.54, 1.807) is 0 Å². The van der Waals surface area contributed by atoms with Crippen molar-refractivity contribution in [2.24, 2.45) is 0 Å². The van der Waals surface area contributed by atoms with Crippen molar-refractivity contribution in [2.75, 3.05) is 0 Å². The van der Waals surface area contributed by atoms with E-state index in [1.807, 2.05) is 0 Å². The van der Waals surface area contributed by atoms with Crippen molar-refractivity contribution in [2.45, 2.75) is 0 Å². The molecule has 2 radical (unpaired) electrons. The summed E-state index contributed by atoms with van der Waals surface area (Å²) in [4.78, 5) is 0. The van der Waals surface area contributed by atoms with Crippen molar-refractivity contribution in [1.29, 1.82) is 0 Å². The smallest absolute Gasteiger partial charge is 0 e. The number of hydrogen-bond acceptors (Lipinski definition) is 0. The van der Waals surface area contributed by atoms with Gasteiger partial charge in [0.2, 0.25) is 0 Å². The Morgan fingerprint density at radius 1 is 0.500 bits per heavy atom. The molecule has 0 aromatic carbocycles. The fourth-order valence-electron chi connectivity index (χ4n) is 0. The fourth-order valence-corrected chi connectivity index (χ4v) is 0. The van der Waals surface area contributed by atoms with Gasteiger partial charge in [0, 0.05) is 21.7 Å². The van der Waals surface area contributed by atoms with Gasteiger partial charge >= 0.3 is 23.9 Å². The maximum absolute atomic E-state index is 0. The number of rotatable bonds is 0. The molecule has 0 aliphatic carbocycles. The summed E-state index contributed by atoms with van der Waals surface area (Å²) in [5.41, 5.74) is 0. The molecule has 0 nitrogen and oxygen atoms in total. The van der Waals surface area contributed by atoms with Crippen molar-refractivity contribution >= 4 is 73.5 Å². The third-order valence-electron chi connectivity index (χ3n) is 0. The van der Waals surface area contributed by atoms with Crippen LogP contribution >= 0.6 is 49.6 Å². The molecule has 0 N–H and O–H groups in total. The minimum absolute atomic E-state index is 0. The summed E-state index contributed by atoms with van der Waals surface area (Å²) in [6.07, 6.45) is 0. The molecule has 0 aliphatic heterocycles. The summed E-state index contributed by atoms with van der Waals surface area (Å²) in [5, 5.41) is 0. The molecule has 0 bridgehead atoms. The van der Waals surface area contributed by atoms with Crippen LogP contribution in [0.5, 0.6) is 0 Å². The second-order valence-corrected chi connectivity index (χ2v) is 0. The predicted octanol–water partition coefficient (Wildman–Crippen LogP) is 0.768. The molecule has 0 atom stereocenters. The Hall–Kier alpha value is 2.67. The monoisotopic (exact) mass is 314 g/mol. The first kappa shape index (κ1) is 71.5. The molecule has 0 aliphatic rings. The zero-order valence-electron chi connectivity index (χ0n) is 2.84. The molecule has 0 spiro atoms. The van der Waals surface area contributed by atoms with Crippen LogP contribution in [0.3, 0.4) is 0 Å². The molecule has 0 rings (SSSR count). The first-order valence-corrected chi connectivity index (χ1v) is 0. The minimum Gasteiger partial charge on any atom is 0 e. The summed E-state index contributed by atoms with van der Waals surface area (Å²) in [5.74, 6) is 0. The molecule has 0 amide bonds. The van der Waals surface area contributed by atoms with Crippen LogP contribution in [0.2, 0.25) is 0 Å². The number of hydrogen-bond donors (Lipinski definition) is 0. The van der Waals surface area contributed by atoms with Gasteiger partial charge in [0.25, 0.3) is 0 Å². The van der Waals surface area contributed by atoms with Crippen molar-refractivity contribution < 1.29 is 21.7 Å². The minimum atomic E-state index is 0. The maximum Gasteiger partial charge on any atom is 0 e. The summed E-state index contributed by atoms with van der Waals surface area (Å²) < 4.78 is 0. The first-order chi connectivity index (χ1) is 0. The largest absolute Gasteiger partial charge is 0 e. The predicted molar refractivity (Wildman–Crippen MR) is 37.5 cm³/mol. The molecule has 0 saturated heterocycles. The summed E-state index contributed by atoms with van der Waals surface area (Å²) >= 11 is 0. The van der Waals surface area contributed by atoms with Crippen LogP contribution in [0.15, 0.2) is 0 Å². The van der Waals surface area contributed by atoms with E-state index in [2.05, 4.69) is 0 Å². The molecular formula is H6Cl4SnTi. The SMILES string of the molecule is Cl.Cl.Cl.Cl.[SnH2].[Ti]. The van der Waals surface area contributed by atoms with E-state index in [4.69, 9.17) is 0 Å². The Kier molecular flexibility index (Phi) is 570. The van der Waals surface area contributed by atoms with Gasteiger partial charge in [-0.05, 0) is 0 Å². The third kappa shape index (κ3) is 30.1. The van der Waals surface area contributed by atoms with Gasteiger partial charge in [0.05, 0.1) is 0 Å². The number of halogens is 4. The van der Waals surface area contributed by atoms with Gasteiger partial charge in [-0.3, -0.25) is 0 Å². The fraction of sp³-hybridized carbons (Fsp3) is 0. The van der Waals surface area contributed by atoms with Crippen LogP contribution in [-0.4, -0.2) is 23.9 Å². The maximum atomic E-state index is 0. The Balaban J connectivity index is 0. The van der Waals surface area contributed by atoms with E-state index in [-0.39, 0.29) is 95.3 Å². The van der Waals surface area contributed by atoms with Crippen molar-refractivity contribution in [3.8, 4) is 0 Å². The molecule has 0 fully saturated rings. The van der Waals surface area contributed by atoms with Gasteiger partial charge in [-0.2, -0.15) is 0 Å². The van der Waals surface area contributed by atoms with Crippen LogP contribution < -0.4 is 0 Å². The molecule has 6 heteroatoms. The zero-order valence-corrected chi connectivity index (χ0v) is 11.7. The van der Waals surface area contributed by atoms with Gasteiger partial charge in [-0.15, -0.1) is 49.6 Å². The Bertz CT molecular complexity index is 7.51. The summed E-state index contributed by atoms with van der Waals surface area (Å²) in [6.45, 7) is 0. The molecule has 0 saturated carbocycles. The van der Waals surface area contributed by atoms with E-state index in [9.17, 15) is 0 Å². The van der Waals surface area contributed by atoms with Gasteiger partial charge in [0.1, 0.15) is 0 Å². The van der Waals surface area contributed by atoms with E-state index >= 15 is 0 Å². The van der Waals surface area contributed by atoms with Crippen LogP contribution in [-0.2, 0) is 21.7 Å². The molecule has 0 heterocycles. The van der Waals surface area contributed by atoms with Gasteiger partial charge in [-0.25, -0.2) is 0 Å². The van der Waals surface area contributed by atoms with Crippen LogP contribution in [0.25, 0.3) is 0 Å². The molecule has 0 aromatic heterocycles. The normalized spacial score (nSPS) is 0. The van der Waals surface area contributed by atoms with Gasteiger partial charge < -0.3 is 0 Å². The van der Waals surface area contributed by atoms with E-state index in [1.165, 1.54) is 0 Å². The molecule has 0 unspecified atom stereocenters. The Labute approximate surface area is 94.1 Å². The Morgan fingerprint density at radius 2 is 0.500 bits per heavy atom. The van der Waals surface area contributed by atoms with Gasteiger partial charge in [0.15, 0.2) is 0 Å². The second-order valence-electron chi connectivity index (χ2n) is 0. The van der Waals surface area contributed by atoms with E-state index in [0.717, 1.165) is 0 Å². The molecular weight excluding hydrogens is 308 g/mol. The van der Waals surface area contributed by atoms with Crippen LogP contribution in [0, 0.1) is 0 Å². The second kappa shape index (κ2) is 47.8. The molecule has 42 valence electrons.